The summed E-state index contributed by atoms with van der Waals surface area (Å²) in [6.07, 6.45) is 0. The van der Waals surface area contributed by atoms with Gasteiger partial charge in [-0.05, 0) is 12.1 Å². The Balaban J connectivity index is 3.30. The maximum Gasteiger partial charge on any atom is 0.354 e. The number of sulfone groups is 1. The molecule has 2 N–H and O–H groups in total. The molecule has 1 unspecified atom stereocenters. The Morgan fingerprint density at radius 3 is 2.33 bits per heavy atom. The third kappa shape index (κ3) is 2.07. The molecule has 15 heavy (non-hydrogen) atoms. The smallest absolute Gasteiger partial charge is 0.354 e. The fraction of sp³-hybridized carbons (Fsp3) is 0.125. The third-order valence-corrected chi connectivity index (χ3v) is 3.34. The van der Waals surface area contributed by atoms with Gasteiger partial charge in [0.15, 0.2) is 0 Å². The molecule has 0 aliphatic rings. The van der Waals surface area contributed by atoms with Crippen LogP contribution in [0.4, 0.5) is 4.39 Å². The first-order valence-corrected chi connectivity index (χ1v) is 5.31. The molecule has 0 bridgehead atoms. The average molecular weight is 234 g/mol. The molecular weight excluding hydrogens is 227 g/mol. The Kier molecular flexibility index (Phi) is 2.94. The molecule has 0 amide bonds. The van der Waals surface area contributed by atoms with E-state index in [1.165, 1.54) is 12.1 Å². The van der Waals surface area contributed by atoms with E-state index >= 15 is 0 Å². The largest absolute Gasteiger partial charge is 0.507 e. The van der Waals surface area contributed by atoms with Gasteiger partial charge in [0.05, 0.1) is 0 Å². The van der Waals surface area contributed by atoms with Gasteiger partial charge in [-0.1, -0.05) is 12.1 Å². The van der Waals surface area contributed by atoms with Gasteiger partial charge in [-0.2, -0.15) is 0 Å². The number of hydrogen-bond donors (Lipinski definition) is 2. The van der Waals surface area contributed by atoms with Crippen LogP contribution in [-0.4, -0.2) is 30.1 Å². The lowest BCUT2D eigenvalue weighted by molar-refractivity contribution is -0.139. The van der Waals surface area contributed by atoms with Gasteiger partial charge in [-0.15, -0.1) is 0 Å². The highest BCUT2D eigenvalue weighted by atomic mass is 32.2. The van der Waals surface area contributed by atoms with Gasteiger partial charge in [0.25, 0.3) is 0 Å². The van der Waals surface area contributed by atoms with Gasteiger partial charge in [-0.3, -0.25) is 0 Å². The molecule has 1 aromatic rings. The molecule has 1 rings (SSSR count). The Morgan fingerprint density at radius 2 is 1.87 bits per heavy atom. The highest BCUT2D eigenvalue weighted by molar-refractivity contribution is 7.92. The lowest BCUT2D eigenvalue weighted by Crippen LogP contribution is -2.25. The van der Waals surface area contributed by atoms with Gasteiger partial charge < -0.3 is 10.2 Å². The number of aromatic hydroxyl groups is 1. The monoisotopic (exact) mass is 234 g/mol. The number of para-hydroxylation sites is 1. The van der Waals surface area contributed by atoms with Crippen molar-refractivity contribution in [2.45, 2.75) is 10.4 Å². The summed E-state index contributed by atoms with van der Waals surface area (Å²) in [6.45, 7) is 0. The minimum absolute atomic E-state index is 0.679. The summed E-state index contributed by atoms with van der Waals surface area (Å²) in [5, 5.41) is 17.4. The first kappa shape index (κ1) is 11.4. The average Bonchev–Trinajstić information content (AvgIpc) is 2.16. The second-order valence-electron chi connectivity index (χ2n) is 2.67. The molecule has 5 nitrogen and oxygen atoms in total. The van der Waals surface area contributed by atoms with Crippen LogP contribution in [0, 0.1) is 0 Å². The van der Waals surface area contributed by atoms with E-state index in [1.54, 1.807) is 0 Å². The molecule has 1 atom stereocenters. The topological polar surface area (TPSA) is 91.7 Å². The summed E-state index contributed by atoms with van der Waals surface area (Å²) in [7, 11) is -4.69. The van der Waals surface area contributed by atoms with Crippen molar-refractivity contribution in [3.63, 3.8) is 0 Å². The summed E-state index contributed by atoms with van der Waals surface area (Å²) in [4.78, 5) is 9.46. The quantitative estimate of drug-likeness (QED) is 0.796. The van der Waals surface area contributed by atoms with Gasteiger partial charge >= 0.3 is 11.5 Å². The highest BCUT2D eigenvalue weighted by Crippen LogP contribution is 2.25. The molecule has 82 valence electrons. The first-order chi connectivity index (χ1) is 6.87. The predicted octanol–water partition coefficient (Wildman–Crippen LogP) is 0.546. The number of aliphatic carboxylic acids is 1. The first-order valence-electron chi connectivity index (χ1n) is 3.76. The van der Waals surface area contributed by atoms with Crippen LogP contribution in [0.15, 0.2) is 29.2 Å². The Hall–Kier alpha value is -1.63. The van der Waals surface area contributed by atoms with Gasteiger partial charge in [0, 0.05) is 0 Å². The van der Waals surface area contributed by atoms with E-state index in [-0.39, 0.29) is 0 Å². The van der Waals surface area contributed by atoms with Crippen LogP contribution in [-0.2, 0) is 14.6 Å². The van der Waals surface area contributed by atoms with Crippen LogP contribution in [0.1, 0.15) is 0 Å². The number of phenols is 1. The lowest BCUT2D eigenvalue weighted by Gasteiger charge is -2.06. The molecule has 0 radical (unpaired) electrons. The number of phenolic OH excluding ortho intramolecular Hbond substituents is 1. The Labute approximate surface area is 84.7 Å². The van der Waals surface area contributed by atoms with Crippen molar-refractivity contribution < 1.29 is 27.8 Å². The van der Waals surface area contributed by atoms with Crippen molar-refractivity contribution in [2.75, 3.05) is 0 Å². The Bertz CT molecular complexity index is 482. The van der Waals surface area contributed by atoms with Crippen LogP contribution in [0.25, 0.3) is 0 Å². The second-order valence-corrected chi connectivity index (χ2v) is 4.61. The molecular formula is C8H7FO5S. The Morgan fingerprint density at radius 1 is 1.33 bits per heavy atom. The number of rotatable bonds is 3. The number of carboxylic acid groups (broad SMARTS) is 1. The minimum atomic E-state index is -4.69. The fourth-order valence-corrected chi connectivity index (χ4v) is 2.06. The van der Waals surface area contributed by atoms with E-state index in [1.807, 2.05) is 0 Å². The normalized spacial score (nSPS) is 13.4. The van der Waals surface area contributed by atoms with Crippen LogP contribution >= 0.6 is 0 Å². The molecule has 0 spiro atoms. The van der Waals surface area contributed by atoms with Crippen LogP contribution < -0.4 is 0 Å². The van der Waals surface area contributed by atoms with E-state index in [0.29, 0.717) is 0 Å². The zero-order valence-corrected chi connectivity index (χ0v) is 8.11. The maximum absolute atomic E-state index is 12.9. The summed E-state index contributed by atoms with van der Waals surface area (Å²) < 4.78 is 35.4. The lowest BCUT2D eigenvalue weighted by atomic mass is 10.3. The molecule has 0 heterocycles. The van der Waals surface area contributed by atoms with Crippen molar-refractivity contribution in [2.24, 2.45) is 0 Å². The number of carbonyl (C=O) groups is 1. The number of hydrogen-bond acceptors (Lipinski definition) is 4. The molecule has 0 aromatic heterocycles. The molecule has 0 saturated carbocycles. The minimum Gasteiger partial charge on any atom is -0.507 e. The van der Waals surface area contributed by atoms with Crippen molar-refractivity contribution in [1.29, 1.82) is 0 Å². The van der Waals surface area contributed by atoms with E-state index in [4.69, 9.17) is 10.2 Å². The number of carboxylic acids is 1. The molecule has 1 aromatic carbocycles. The van der Waals surface area contributed by atoms with Crippen molar-refractivity contribution in [1.82, 2.24) is 0 Å². The maximum atomic E-state index is 12.9. The second kappa shape index (κ2) is 3.85. The van der Waals surface area contributed by atoms with E-state index in [9.17, 15) is 17.6 Å². The van der Waals surface area contributed by atoms with E-state index in [2.05, 4.69) is 0 Å². The van der Waals surface area contributed by atoms with Gasteiger partial charge in [0.2, 0.25) is 9.84 Å². The van der Waals surface area contributed by atoms with E-state index < -0.39 is 32.0 Å². The third-order valence-electron chi connectivity index (χ3n) is 1.64. The SMILES string of the molecule is O=C(O)C(F)S(=O)(=O)c1ccccc1O. The molecule has 0 saturated heterocycles. The summed E-state index contributed by atoms with van der Waals surface area (Å²) in [5.41, 5.74) is -3.08. The van der Waals surface area contributed by atoms with Crippen LogP contribution in [0.5, 0.6) is 5.75 Å². The summed E-state index contributed by atoms with van der Waals surface area (Å²) in [5.74, 6) is -2.79. The zero-order valence-electron chi connectivity index (χ0n) is 7.29. The zero-order chi connectivity index (χ0) is 11.6. The number of alkyl halides is 1. The molecule has 7 heteroatoms. The van der Waals surface area contributed by atoms with Crippen molar-refractivity contribution in [3.8, 4) is 5.75 Å². The summed E-state index contributed by atoms with van der Waals surface area (Å²) >= 11 is 0. The van der Waals surface area contributed by atoms with Crippen molar-refractivity contribution >= 4 is 15.8 Å². The van der Waals surface area contributed by atoms with E-state index in [0.717, 1.165) is 12.1 Å². The number of halogens is 1. The van der Waals surface area contributed by atoms with Crippen LogP contribution in [0.2, 0.25) is 0 Å². The van der Waals surface area contributed by atoms with Gasteiger partial charge in [0.1, 0.15) is 10.6 Å². The summed E-state index contributed by atoms with van der Waals surface area (Å²) in [6, 6.07) is 4.55. The fourth-order valence-electron chi connectivity index (χ4n) is 0.942. The molecule has 0 aliphatic carbocycles. The highest BCUT2D eigenvalue weighted by Gasteiger charge is 2.35. The number of benzene rings is 1. The predicted molar refractivity (Wildman–Crippen MR) is 47.8 cm³/mol. The standard InChI is InChI=1S/C8H7FO5S/c9-7(8(11)12)15(13,14)6-4-2-1-3-5(6)10/h1-4,7,10H,(H,11,12). The van der Waals surface area contributed by atoms with Gasteiger partial charge in [-0.25, -0.2) is 17.6 Å². The van der Waals surface area contributed by atoms with Crippen molar-refractivity contribution in [3.05, 3.63) is 24.3 Å². The molecule has 0 aliphatic heterocycles. The van der Waals surface area contributed by atoms with Crippen LogP contribution in [0.3, 0.4) is 0 Å². The molecule has 0 fully saturated rings.